The third kappa shape index (κ3) is 22.6. The van der Waals surface area contributed by atoms with Gasteiger partial charge in [0.15, 0.2) is 6.29 Å². The number of aliphatic hydroxyl groups is 6. The third-order valence-corrected chi connectivity index (χ3v) is 9.90. The van der Waals surface area contributed by atoms with E-state index in [1.165, 1.54) is 95.5 Å². The van der Waals surface area contributed by atoms with Gasteiger partial charge < -0.3 is 45.4 Å². The number of aliphatic hydroxyl groups excluding tert-OH is 6. The van der Waals surface area contributed by atoms with E-state index in [0.717, 1.165) is 32.1 Å². The Bertz CT molecular complexity index is 956. The summed E-state index contributed by atoms with van der Waals surface area (Å²) < 4.78 is 11.1. The van der Waals surface area contributed by atoms with Gasteiger partial charge in [-0.25, -0.2) is 0 Å². The standard InChI is InChI=1S/C42H77NO9/c1-4-6-8-10-12-13-14-15-16-17-19-21-25-30-36(46)41(50)43-34(32-51-42-40(49)39(48)38(47)37(31-44)52-42)35(45)29-26-22-24-28-33(3)27-23-20-18-11-9-7-5-2/h23,26-29,34-40,42,44-49H,4-22,24-25,30-32H2,1-3H3,(H,43,50)/b27-23+,29-26+,33-28+/t34-,35+,36+,37+,38+,39-,40+,42+/m0/s1. The van der Waals surface area contributed by atoms with Crippen molar-refractivity contribution < 1.29 is 44.9 Å². The molecular formula is C42H77NO9. The number of carbonyl (C=O) groups excluding carboxylic acids is 1. The van der Waals surface area contributed by atoms with Crippen LogP contribution in [0.3, 0.4) is 0 Å². The molecule has 1 rings (SSSR count). The Kier molecular flexibility index (Phi) is 29.5. The second-order valence-electron chi connectivity index (χ2n) is 14.7. The van der Waals surface area contributed by atoms with Crippen molar-refractivity contribution in [2.45, 2.75) is 211 Å². The van der Waals surface area contributed by atoms with Crippen LogP contribution in [0.15, 0.2) is 36.0 Å². The van der Waals surface area contributed by atoms with E-state index in [1.807, 2.05) is 6.08 Å². The normalized spacial score (nSPS) is 23.0. The van der Waals surface area contributed by atoms with Gasteiger partial charge in [0.1, 0.15) is 30.5 Å². The smallest absolute Gasteiger partial charge is 0.249 e. The SMILES string of the molecule is CCCCCCC/C=C/C(C)=C/CC/C=C/[C@@H](O)[C@H](CO[C@@H]1O[C@H](CO)[C@@H](O)[C@H](O)[C@H]1O)NC(=O)[C@H](O)CCCCCCCCCCCCCCC. The maximum Gasteiger partial charge on any atom is 0.249 e. The van der Waals surface area contributed by atoms with Gasteiger partial charge in [0.05, 0.1) is 25.4 Å². The highest BCUT2D eigenvalue weighted by atomic mass is 16.7. The summed E-state index contributed by atoms with van der Waals surface area (Å²) in [5.41, 5.74) is 1.18. The van der Waals surface area contributed by atoms with Gasteiger partial charge in [-0.15, -0.1) is 0 Å². The van der Waals surface area contributed by atoms with E-state index in [-0.39, 0.29) is 6.61 Å². The zero-order valence-corrected chi connectivity index (χ0v) is 32.9. The van der Waals surface area contributed by atoms with Crippen LogP contribution in [0.25, 0.3) is 0 Å². The molecule has 1 fully saturated rings. The fourth-order valence-corrected chi connectivity index (χ4v) is 6.37. The van der Waals surface area contributed by atoms with E-state index in [0.29, 0.717) is 19.3 Å². The quantitative estimate of drug-likeness (QED) is 0.0226. The topological polar surface area (TPSA) is 169 Å². The molecule has 1 aliphatic rings. The number of nitrogens with one attached hydrogen (secondary N) is 1. The molecule has 52 heavy (non-hydrogen) atoms. The summed E-state index contributed by atoms with van der Waals surface area (Å²) >= 11 is 0. The van der Waals surface area contributed by atoms with E-state index in [2.05, 4.69) is 44.3 Å². The zero-order chi connectivity index (χ0) is 38.4. The van der Waals surface area contributed by atoms with Crippen LogP contribution in [0, 0.1) is 0 Å². The van der Waals surface area contributed by atoms with Crippen molar-refractivity contribution in [1.82, 2.24) is 5.32 Å². The third-order valence-electron chi connectivity index (χ3n) is 9.90. The number of allylic oxidation sites excluding steroid dienone is 5. The van der Waals surface area contributed by atoms with Crippen LogP contribution in [-0.2, 0) is 14.3 Å². The second kappa shape index (κ2) is 31.7. The molecular weight excluding hydrogens is 662 g/mol. The molecule has 10 nitrogen and oxygen atoms in total. The molecule has 1 heterocycles. The summed E-state index contributed by atoms with van der Waals surface area (Å²) in [4.78, 5) is 13.0. The highest BCUT2D eigenvalue weighted by Crippen LogP contribution is 2.22. The van der Waals surface area contributed by atoms with Crippen molar-refractivity contribution in [3.63, 3.8) is 0 Å². The summed E-state index contributed by atoms with van der Waals surface area (Å²) in [6.45, 7) is 5.59. The van der Waals surface area contributed by atoms with Gasteiger partial charge in [0.25, 0.3) is 0 Å². The van der Waals surface area contributed by atoms with Gasteiger partial charge in [0, 0.05) is 0 Å². The van der Waals surface area contributed by atoms with Crippen molar-refractivity contribution >= 4 is 5.91 Å². The average Bonchev–Trinajstić information content (AvgIpc) is 3.14. The number of rotatable bonds is 32. The van der Waals surface area contributed by atoms with Crippen LogP contribution in [0.5, 0.6) is 0 Å². The molecule has 1 amide bonds. The van der Waals surface area contributed by atoms with Gasteiger partial charge in [-0.2, -0.15) is 0 Å². The summed E-state index contributed by atoms with van der Waals surface area (Å²) in [6.07, 6.45) is 24.8. The van der Waals surface area contributed by atoms with Crippen molar-refractivity contribution in [2.75, 3.05) is 13.2 Å². The Morgan fingerprint density at radius 3 is 1.87 bits per heavy atom. The van der Waals surface area contributed by atoms with Crippen LogP contribution in [0.4, 0.5) is 0 Å². The first-order valence-corrected chi connectivity index (χ1v) is 20.7. The number of carbonyl (C=O) groups is 1. The van der Waals surface area contributed by atoms with Crippen LogP contribution in [0.2, 0.25) is 0 Å². The Labute approximate surface area is 315 Å². The first kappa shape index (κ1) is 48.4. The Hall–Kier alpha value is -1.63. The lowest BCUT2D eigenvalue weighted by Crippen LogP contribution is -2.60. The molecule has 0 saturated carbocycles. The summed E-state index contributed by atoms with van der Waals surface area (Å²) in [5.74, 6) is -0.635. The minimum Gasteiger partial charge on any atom is -0.394 e. The van der Waals surface area contributed by atoms with Crippen molar-refractivity contribution in [1.29, 1.82) is 0 Å². The largest absolute Gasteiger partial charge is 0.394 e. The number of unbranched alkanes of at least 4 members (excludes halogenated alkanes) is 18. The predicted octanol–water partition coefficient (Wildman–Crippen LogP) is 6.69. The lowest BCUT2D eigenvalue weighted by Gasteiger charge is -2.40. The van der Waals surface area contributed by atoms with Gasteiger partial charge in [-0.3, -0.25) is 4.79 Å². The second-order valence-corrected chi connectivity index (χ2v) is 14.7. The summed E-state index contributed by atoms with van der Waals surface area (Å²) in [5, 5.41) is 64.5. The minimum absolute atomic E-state index is 0.300. The Balaban J connectivity index is 2.59. The van der Waals surface area contributed by atoms with Gasteiger partial charge in [-0.05, 0) is 39.0 Å². The number of hydrogen-bond acceptors (Lipinski definition) is 9. The van der Waals surface area contributed by atoms with E-state index in [4.69, 9.17) is 9.47 Å². The molecule has 1 aliphatic heterocycles. The fraction of sp³-hybridized carbons (Fsp3) is 0.833. The molecule has 8 atom stereocenters. The van der Waals surface area contributed by atoms with E-state index >= 15 is 0 Å². The van der Waals surface area contributed by atoms with E-state index in [9.17, 15) is 35.4 Å². The maximum absolute atomic E-state index is 13.0. The number of amides is 1. The average molecular weight is 740 g/mol. The molecule has 304 valence electrons. The fourth-order valence-electron chi connectivity index (χ4n) is 6.37. The zero-order valence-electron chi connectivity index (χ0n) is 32.9. The van der Waals surface area contributed by atoms with Crippen LogP contribution >= 0.6 is 0 Å². The first-order chi connectivity index (χ1) is 25.2. The highest BCUT2D eigenvalue weighted by molar-refractivity contribution is 5.80. The van der Waals surface area contributed by atoms with E-state index < -0.39 is 61.5 Å². The highest BCUT2D eigenvalue weighted by Gasteiger charge is 2.44. The molecule has 0 aliphatic carbocycles. The van der Waals surface area contributed by atoms with Crippen molar-refractivity contribution in [2.24, 2.45) is 0 Å². The van der Waals surface area contributed by atoms with Crippen molar-refractivity contribution in [3.8, 4) is 0 Å². The van der Waals surface area contributed by atoms with Crippen molar-refractivity contribution in [3.05, 3.63) is 36.0 Å². The first-order valence-electron chi connectivity index (χ1n) is 20.7. The van der Waals surface area contributed by atoms with Crippen LogP contribution < -0.4 is 5.32 Å². The molecule has 0 bridgehead atoms. The molecule has 0 aromatic rings. The molecule has 0 spiro atoms. The maximum atomic E-state index is 13.0. The lowest BCUT2D eigenvalue weighted by molar-refractivity contribution is -0.302. The predicted molar refractivity (Wildman–Crippen MR) is 209 cm³/mol. The monoisotopic (exact) mass is 740 g/mol. The molecule has 7 N–H and O–H groups in total. The van der Waals surface area contributed by atoms with Crippen LogP contribution in [0.1, 0.15) is 162 Å². The molecule has 0 aromatic heterocycles. The number of hydrogen-bond donors (Lipinski definition) is 7. The van der Waals surface area contributed by atoms with Gasteiger partial charge in [-0.1, -0.05) is 159 Å². The number of ether oxygens (including phenoxy) is 2. The molecule has 1 saturated heterocycles. The summed E-state index contributed by atoms with van der Waals surface area (Å²) in [7, 11) is 0. The Morgan fingerprint density at radius 2 is 1.29 bits per heavy atom. The Morgan fingerprint density at radius 1 is 0.731 bits per heavy atom. The van der Waals surface area contributed by atoms with E-state index in [1.54, 1.807) is 6.08 Å². The lowest BCUT2D eigenvalue weighted by atomic mass is 9.99. The minimum atomic E-state index is -1.62. The van der Waals surface area contributed by atoms with Gasteiger partial charge >= 0.3 is 0 Å². The molecule has 0 unspecified atom stereocenters. The van der Waals surface area contributed by atoms with Gasteiger partial charge in [0.2, 0.25) is 5.91 Å². The van der Waals surface area contributed by atoms with Crippen LogP contribution in [-0.4, -0.2) is 98.7 Å². The molecule has 0 radical (unpaired) electrons. The summed E-state index contributed by atoms with van der Waals surface area (Å²) in [6, 6.07) is -1.00. The molecule has 0 aromatic carbocycles. The molecule has 10 heteroatoms.